The van der Waals surface area contributed by atoms with Gasteiger partial charge in [-0.25, -0.2) is 0 Å². The highest BCUT2D eigenvalue weighted by atomic mass is 28.3. The number of rotatable bonds is 6. The maximum Gasteiger partial charge on any atom is 0.304 e. The third-order valence-electron chi connectivity index (χ3n) is 1.32. The summed E-state index contributed by atoms with van der Waals surface area (Å²) in [6, 6.07) is 0. The van der Waals surface area contributed by atoms with Crippen LogP contribution < -0.4 is 5.73 Å². The zero-order valence-electron chi connectivity index (χ0n) is 9.51. The van der Waals surface area contributed by atoms with Crippen molar-refractivity contribution >= 4 is 10.0 Å². The minimum atomic E-state index is -0.589. The summed E-state index contributed by atoms with van der Waals surface area (Å²) in [6.45, 7) is 10.7. The first kappa shape index (κ1) is 15.6. The van der Waals surface area contributed by atoms with Crippen molar-refractivity contribution in [3.8, 4) is 0 Å². The molecule has 0 fully saturated rings. The zero-order chi connectivity index (χ0) is 10.5. The maximum atomic E-state index is 5.23. The molecule has 0 aromatic heterocycles. The predicted molar refractivity (Wildman–Crippen MR) is 60.3 cm³/mol. The molecular formula is C9H25NO2Si. The molecule has 0 amide bonds. The molecule has 13 heavy (non-hydrogen) atoms. The van der Waals surface area contributed by atoms with Gasteiger partial charge in [-0.15, -0.1) is 0 Å². The Balaban J connectivity index is 0. The first-order chi connectivity index (χ1) is 6.18. The van der Waals surface area contributed by atoms with Crippen LogP contribution in [0.2, 0.25) is 0 Å². The minimum absolute atomic E-state index is 0.589. The first-order valence-corrected chi connectivity index (χ1v) is 6.19. The molecule has 0 radical (unpaired) electrons. The van der Waals surface area contributed by atoms with Crippen LogP contribution >= 0.6 is 0 Å². The summed E-state index contributed by atoms with van der Waals surface area (Å²) < 4.78 is 9.98. The second kappa shape index (κ2) is 14.6. The van der Waals surface area contributed by atoms with E-state index in [1.165, 1.54) is 0 Å². The van der Waals surface area contributed by atoms with Crippen molar-refractivity contribution in [3.05, 3.63) is 0 Å². The fourth-order valence-corrected chi connectivity index (χ4v) is 1.01. The molecule has 0 aliphatic carbocycles. The molecular weight excluding hydrogens is 182 g/mol. The van der Waals surface area contributed by atoms with Gasteiger partial charge < -0.3 is 14.6 Å². The number of hydrogen-bond acceptors (Lipinski definition) is 3. The van der Waals surface area contributed by atoms with Crippen LogP contribution in [0.5, 0.6) is 0 Å². The second-order valence-electron chi connectivity index (χ2n) is 3.07. The normalized spacial score (nSPS) is 9.69. The van der Waals surface area contributed by atoms with Gasteiger partial charge in [-0.1, -0.05) is 13.8 Å². The van der Waals surface area contributed by atoms with Crippen LogP contribution in [0.25, 0.3) is 0 Å². The van der Waals surface area contributed by atoms with E-state index in [1.807, 2.05) is 13.8 Å². The van der Waals surface area contributed by atoms with Gasteiger partial charge in [-0.3, -0.25) is 0 Å². The van der Waals surface area contributed by atoms with Crippen molar-refractivity contribution in [1.29, 1.82) is 0 Å². The summed E-state index contributed by atoms with van der Waals surface area (Å²) in [5.74, 6) is 0.773. The van der Waals surface area contributed by atoms with E-state index < -0.39 is 10.0 Å². The van der Waals surface area contributed by atoms with Crippen molar-refractivity contribution < 1.29 is 8.85 Å². The van der Waals surface area contributed by atoms with E-state index in [1.54, 1.807) is 0 Å². The largest absolute Gasteiger partial charge is 0.399 e. The van der Waals surface area contributed by atoms with Crippen molar-refractivity contribution in [2.45, 2.75) is 34.1 Å². The predicted octanol–water partition coefficient (Wildman–Crippen LogP) is 1.05. The molecule has 3 nitrogen and oxygen atoms in total. The van der Waals surface area contributed by atoms with Crippen LogP contribution in [0.1, 0.15) is 34.1 Å². The van der Waals surface area contributed by atoms with Gasteiger partial charge in [0.25, 0.3) is 0 Å². The highest BCUT2D eigenvalue weighted by Crippen LogP contribution is 1.93. The van der Waals surface area contributed by atoms with E-state index in [4.69, 9.17) is 14.6 Å². The lowest BCUT2D eigenvalue weighted by Gasteiger charge is -1.96. The molecule has 0 aromatic rings. The summed E-state index contributed by atoms with van der Waals surface area (Å²) in [5.41, 5.74) is 5.23. The van der Waals surface area contributed by atoms with Crippen molar-refractivity contribution in [1.82, 2.24) is 0 Å². The molecule has 0 aliphatic rings. The Labute approximate surface area is 85.1 Å². The summed E-state index contributed by atoms with van der Waals surface area (Å²) >= 11 is 0. The van der Waals surface area contributed by atoms with Crippen molar-refractivity contribution in [2.24, 2.45) is 11.7 Å². The lowest BCUT2D eigenvalue weighted by atomic mass is 10.1. The number of hydrogen-bond donors (Lipinski definition) is 1. The summed E-state index contributed by atoms with van der Waals surface area (Å²) in [4.78, 5) is 0. The van der Waals surface area contributed by atoms with Crippen LogP contribution in [-0.4, -0.2) is 29.8 Å². The van der Waals surface area contributed by atoms with Gasteiger partial charge in [0.15, 0.2) is 0 Å². The van der Waals surface area contributed by atoms with Gasteiger partial charge in [-0.2, -0.15) is 0 Å². The van der Waals surface area contributed by atoms with Crippen molar-refractivity contribution in [2.75, 3.05) is 19.8 Å². The SMILES string of the molecule is CC(C)CCN.CCO[SiH2]OCC. The molecule has 0 aliphatic heterocycles. The zero-order valence-corrected chi connectivity index (χ0v) is 10.9. The summed E-state index contributed by atoms with van der Waals surface area (Å²) in [6.07, 6.45) is 1.15. The Morgan fingerprint density at radius 2 is 1.62 bits per heavy atom. The fourth-order valence-electron chi connectivity index (χ4n) is 0.559. The number of nitrogens with two attached hydrogens (primary N) is 1. The van der Waals surface area contributed by atoms with Crippen LogP contribution in [0.15, 0.2) is 0 Å². The minimum Gasteiger partial charge on any atom is -0.399 e. The van der Waals surface area contributed by atoms with Crippen LogP contribution in [-0.2, 0) is 8.85 Å². The Bertz CT molecular complexity index is 78.0. The van der Waals surface area contributed by atoms with Crippen LogP contribution in [0.4, 0.5) is 0 Å². The lowest BCUT2D eigenvalue weighted by molar-refractivity contribution is 0.240. The molecule has 0 saturated heterocycles. The molecule has 0 aromatic carbocycles. The van der Waals surface area contributed by atoms with Crippen molar-refractivity contribution in [3.63, 3.8) is 0 Å². The average Bonchev–Trinajstić information content (AvgIpc) is 2.06. The van der Waals surface area contributed by atoms with Crippen LogP contribution in [0, 0.1) is 5.92 Å². The van der Waals surface area contributed by atoms with Gasteiger partial charge in [0.05, 0.1) is 0 Å². The van der Waals surface area contributed by atoms with E-state index in [-0.39, 0.29) is 0 Å². The van der Waals surface area contributed by atoms with E-state index in [2.05, 4.69) is 13.8 Å². The highest BCUT2D eigenvalue weighted by molar-refractivity contribution is 6.17. The van der Waals surface area contributed by atoms with Gasteiger partial charge in [0.1, 0.15) is 0 Å². The lowest BCUT2D eigenvalue weighted by Crippen LogP contribution is -2.02. The Hall–Kier alpha value is 0.0969. The topological polar surface area (TPSA) is 44.5 Å². The molecule has 0 saturated carbocycles. The molecule has 4 heteroatoms. The third kappa shape index (κ3) is 24.5. The molecule has 0 rings (SSSR count). The van der Waals surface area contributed by atoms with Gasteiger partial charge in [0.2, 0.25) is 0 Å². The quantitative estimate of drug-likeness (QED) is 0.523. The summed E-state index contributed by atoms with van der Waals surface area (Å²) in [5, 5.41) is 0. The van der Waals surface area contributed by atoms with E-state index in [9.17, 15) is 0 Å². The monoisotopic (exact) mass is 207 g/mol. The molecule has 0 heterocycles. The molecule has 82 valence electrons. The first-order valence-electron chi connectivity index (χ1n) is 5.04. The summed E-state index contributed by atoms with van der Waals surface area (Å²) in [7, 11) is -0.589. The van der Waals surface area contributed by atoms with Gasteiger partial charge >= 0.3 is 10.0 Å². The van der Waals surface area contributed by atoms with Gasteiger partial charge in [-0.05, 0) is 32.7 Å². The second-order valence-corrected chi connectivity index (χ2v) is 4.13. The molecule has 0 atom stereocenters. The Kier molecular flexibility index (Phi) is 17.5. The van der Waals surface area contributed by atoms with E-state index in [0.29, 0.717) is 0 Å². The fraction of sp³-hybridized carbons (Fsp3) is 1.00. The molecule has 2 N–H and O–H groups in total. The smallest absolute Gasteiger partial charge is 0.304 e. The Morgan fingerprint density at radius 3 is 1.77 bits per heavy atom. The standard InChI is InChI=1S/C5H13N.C4H12O2Si/c1-5(2)3-4-6;1-3-5-7-6-4-2/h5H,3-4,6H2,1-2H3;3-4,7H2,1-2H3. The molecule has 0 bridgehead atoms. The third-order valence-corrected chi connectivity index (χ3v) is 2.47. The highest BCUT2D eigenvalue weighted by Gasteiger charge is 1.85. The Morgan fingerprint density at radius 1 is 1.15 bits per heavy atom. The average molecular weight is 207 g/mol. The van der Waals surface area contributed by atoms with E-state index >= 15 is 0 Å². The molecule has 0 spiro atoms. The van der Waals surface area contributed by atoms with E-state index in [0.717, 1.165) is 32.1 Å². The van der Waals surface area contributed by atoms with Gasteiger partial charge in [0, 0.05) is 13.2 Å². The molecule has 0 unspecified atom stereocenters. The maximum absolute atomic E-state index is 5.23. The van der Waals surface area contributed by atoms with Crippen LogP contribution in [0.3, 0.4) is 0 Å².